The van der Waals surface area contributed by atoms with E-state index in [2.05, 4.69) is 24.1 Å². The molecule has 2 fully saturated rings. The van der Waals surface area contributed by atoms with Crippen LogP contribution in [0.25, 0.3) is 0 Å². The van der Waals surface area contributed by atoms with Crippen LogP contribution in [0.3, 0.4) is 0 Å². The van der Waals surface area contributed by atoms with Crippen LogP contribution in [-0.2, 0) is 14.8 Å². The number of sulfonamides is 1. The monoisotopic (exact) mass is 449 g/mol. The lowest BCUT2D eigenvalue weighted by atomic mass is 9.96. The molecule has 0 saturated carbocycles. The molecule has 1 unspecified atom stereocenters. The van der Waals surface area contributed by atoms with Gasteiger partial charge in [0.15, 0.2) is 0 Å². The topological polar surface area (TPSA) is 69.7 Å². The van der Waals surface area contributed by atoms with Crippen molar-refractivity contribution in [3.05, 3.63) is 28.8 Å². The van der Waals surface area contributed by atoms with Gasteiger partial charge in [-0.15, -0.1) is 0 Å². The van der Waals surface area contributed by atoms with E-state index in [-0.39, 0.29) is 11.8 Å². The third kappa shape index (κ3) is 5.68. The Morgan fingerprint density at radius 2 is 1.58 bits per heavy atom. The van der Waals surface area contributed by atoms with E-state index in [9.17, 15) is 13.2 Å². The number of nitrogens with one attached hydrogen (secondary N) is 1. The number of aryl methyl sites for hydroxylation is 3. The van der Waals surface area contributed by atoms with Gasteiger partial charge in [-0.3, -0.25) is 9.69 Å². The van der Waals surface area contributed by atoms with Gasteiger partial charge in [-0.2, -0.15) is 4.31 Å². The molecule has 0 aliphatic carbocycles. The second kappa shape index (κ2) is 10.0. The van der Waals surface area contributed by atoms with Gasteiger partial charge in [-0.1, -0.05) is 24.6 Å². The average Bonchev–Trinajstić information content (AvgIpc) is 2.71. The van der Waals surface area contributed by atoms with E-state index in [1.54, 1.807) is 4.31 Å². The number of rotatable bonds is 6. The molecule has 3 rings (SSSR count). The van der Waals surface area contributed by atoms with Crippen molar-refractivity contribution in [2.24, 2.45) is 11.8 Å². The summed E-state index contributed by atoms with van der Waals surface area (Å²) in [7, 11) is -3.54. The summed E-state index contributed by atoms with van der Waals surface area (Å²) in [6, 6.07) is 4.18. The Hall–Kier alpha value is -1.44. The van der Waals surface area contributed by atoms with E-state index >= 15 is 0 Å². The number of nitrogens with zero attached hydrogens (tertiary/aromatic N) is 2. The summed E-state index contributed by atoms with van der Waals surface area (Å²) in [5.74, 6) is 0.754. The number of amides is 1. The van der Waals surface area contributed by atoms with Crippen molar-refractivity contribution in [3.63, 3.8) is 0 Å². The molecule has 1 atom stereocenters. The molecule has 1 N–H and O–H groups in total. The fourth-order valence-electron chi connectivity index (χ4n) is 5.05. The molecule has 2 aliphatic heterocycles. The smallest absolute Gasteiger partial charge is 0.243 e. The van der Waals surface area contributed by atoms with E-state index in [1.165, 1.54) is 12.8 Å². The minimum atomic E-state index is -3.54. The Morgan fingerprint density at radius 1 is 1.03 bits per heavy atom. The van der Waals surface area contributed by atoms with Crippen LogP contribution >= 0.6 is 0 Å². The molecule has 1 aromatic rings. The molecule has 6 nitrogen and oxygen atoms in total. The Bertz CT molecular complexity index is 860. The molecule has 0 spiro atoms. The summed E-state index contributed by atoms with van der Waals surface area (Å²) >= 11 is 0. The zero-order chi connectivity index (χ0) is 22.8. The van der Waals surface area contributed by atoms with Crippen LogP contribution in [0, 0.1) is 32.6 Å². The van der Waals surface area contributed by atoms with Gasteiger partial charge in [0.2, 0.25) is 15.9 Å². The van der Waals surface area contributed by atoms with E-state index in [1.807, 2.05) is 32.9 Å². The summed E-state index contributed by atoms with van der Waals surface area (Å²) in [5, 5.41) is 3.12. The van der Waals surface area contributed by atoms with Crippen LogP contribution in [-0.4, -0.2) is 62.3 Å². The SMILES string of the molecule is Cc1cc(C)c(S(=O)(=O)N2CCC(C(=O)NCC(C)N3CCC(C)CC3)CC2)c(C)c1. The molecule has 1 aromatic carbocycles. The van der Waals surface area contributed by atoms with Crippen molar-refractivity contribution in [1.82, 2.24) is 14.5 Å². The van der Waals surface area contributed by atoms with Crippen molar-refractivity contribution in [1.29, 1.82) is 0 Å². The number of hydrogen-bond acceptors (Lipinski definition) is 4. The number of carbonyl (C=O) groups is 1. The molecule has 0 aromatic heterocycles. The summed E-state index contributed by atoms with van der Waals surface area (Å²) < 4.78 is 28.1. The third-order valence-corrected chi connectivity index (χ3v) is 9.25. The van der Waals surface area contributed by atoms with Crippen molar-refractivity contribution in [2.75, 3.05) is 32.7 Å². The highest BCUT2D eigenvalue weighted by molar-refractivity contribution is 7.89. The first-order valence-corrected chi connectivity index (χ1v) is 13.1. The van der Waals surface area contributed by atoms with Crippen LogP contribution in [0.4, 0.5) is 0 Å². The number of carbonyl (C=O) groups excluding carboxylic acids is 1. The van der Waals surface area contributed by atoms with Gasteiger partial charge in [0.25, 0.3) is 0 Å². The first-order valence-electron chi connectivity index (χ1n) is 11.7. The van der Waals surface area contributed by atoms with Gasteiger partial charge in [0.05, 0.1) is 4.90 Å². The van der Waals surface area contributed by atoms with Gasteiger partial charge >= 0.3 is 0 Å². The normalized spacial score (nSPS) is 21.2. The molecule has 2 heterocycles. The standard InChI is InChI=1S/C24H39N3O3S/c1-17-6-10-26(11-7-17)21(5)16-25-24(28)22-8-12-27(13-9-22)31(29,30)23-19(3)14-18(2)15-20(23)4/h14-15,17,21-22H,6-13,16H2,1-5H3,(H,25,28). The highest BCUT2D eigenvalue weighted by Gasteiger charge is 2.34. The van der Waals surface area contributed by atoms with Gasteiger partial charge in [-0.25, -0.2) is 8.42 Å². The van der Waals surface area contributed by atoms with Crippen LogP contribution in [0.15, 0.2) is 17.0 Å². The molecule has 2 saturated heterocycles. The average molecular weight is 450 g/mol. The molecule has 31 heavy (non-hydrogen) atoms. The molecule has 0 bridgehead atoms. The summed E-state index contributed by atoms with van der Waals surface area (Å²) in [6.45, 7) is 13.8. The highest BCUT2D eigenvalue weighted by Crippen LogP contribution is 2.29. The summed E-state index contributed by atoms with van der Waals surface area (Å²) in [5.41, 5.74) is 2.65. The Kier molecular flexibility index (Phi) is 7.81. The predicted octanol–water partition coefficient (Wildman–Crippen LogP) is 3.25. The zero-order valence-electron chi connectivity index (χ0n) is 19.8. The fourth-order valence-corrected chi connectivity index (χ4v) is 6.93. The largest absolute Gasteiger partial charge is 0.354 e. The van der Waals surface area contributed by atoms with Crippen LogP contribution in [0.5, 0.6) is 0 Å². The van der Waals surface area contributed by atoms with Gasteiger partial charge in [-0.05, 0) is 83.5 Å². The summed E-state index contributed by atoms with van der Waals surface area (Å²) in [4.78, 5) is 15.6. The minimum absolute atomic E-state index is 0.0666. The zero-order valence-corrected chi connectivity index (χ0v) is 20.6. The lowest BCUT2D eigenvalue weighted by molar-refractivity contribution is -0.126. The molecular formula is C24H39N3O3S. The maximum absolute atomic E-state index is 13.2. The highest BCUT2D eigenvalue weighted by atomic mass is 32.2. The van der Waals surface area contributed by atoms with Crippen molar-refractivity contribution >= 4 is 15.9 Å². The molecule has 174 valence electrons. The van der Waals surface area contributed by atoms with E-state index in [0.717, 1.165) is 35.7 Å². The number of likely N-dealkylation sites (tertiary alicyclic amines) is 1. The van der Waals surface area contributed by atoms with E-state index in [4.69, 9.17) is 0 Å². The van der Waals surface area contributed by atoms with Crippen LogP contribution < -0.4 is 5.32 Å². The number of hydrogen-bond donors (Lipinski definition) is 1. The lowest BCUT2D eigenvalue weighted by Crippen LogP contribution is -2.48. The fraction of sp³-hybridized carbons (Fsp3) is 0.708. The predicted molar refractivity (Wildman–Crippen MR) is 125 cm³/mol. The van der Waals surface area contributed by atoms with Gasteiger partial charge in [0.1, 0.15) is 0 Å². The van der Waals surface area contributed by atoms with Gasteiger partial charge in [0, 0.05) is 31.6 Å². The third-order valence-electron chi connectivity index (χ3n) is 7.04. The number of piperidine rings is 2. The number of benzene rings is 1. The molecule has 7 heteroatoms. The first kappa shape index (κ1) is 24.2. The van der Waals surface area contributed by atoms with Crippen molar-refractivity contribution in [3.8, 4) is 0 Å². The van der Waals surface area contributed by atoms with E-state index < -0.39 is 10.0 Å². The Morgan fingerprint density at radius 3 is 2.13 bits per heavy atom. The van der Waals surface area contributed by atoms with E-state index in [0.29, 0.717) is 43.4 Å². The maximum atomic E-state index is 13.2. The molecule has 2 aliphatic rings. The lowest BCUT2D eigenvalue weighted by Gasteiger charge is -2.35. The van der Waals surface area contributed by atoms with Gasteiger partial charge < -0.3 is 5.32 Å². The second-order valence-corrected chi connectivity index (χ2v) is 11.6. The molecule has 0 radical (unpaired) electrons. The maximum Gasteiger partial charge on any atom is 0.243 e. The molecular weight excluding hydrogens is 410 g/mol. The van der Waals surface area contributed by atoms with Crippen molar-refractivity contribution < 1.29 is 13.2 Å². The Labute approximate surface area is 188 Å². The molecule has 1 amide bonds. The summed E-state index contributed by atoms with van der Waals surface area (Å²) in [6.07, 6.45) is 3.60. The Balaban J connectivity index is 1.52. The van der Waals surface area contributed by atoms with Crippen molar-refractivity contribution in [2.45, 2.75) is 71.2 Å². The van der Waals surface area contributed by atoms with Crippen LogP contribution in [0.2, 0.25) is 0 Å². The van der Waals surface area contributed by atoms with Crippen LogP contribution in [0.1, 0.15) is 56.2 Å². The first-order chi connectivity index (χ1) is 14.6. The quantitative estimate of drug-likeness (QED) is 0.724. The second-order valence-electron chi connectivity index (χ2n) is 9.72. The minimum Gasteiger partial charge on any atom is -0.354 e.